The summed E-state index contributed by atoms with van der Waals surface area (Å²) in [4.78, 5) is 2.29. The fourth-order valence-corrected chi connectivity index (χ4v) is 2.51. The Bertz CT molecular complexity index is 448. The molecule has 0 amide bonds. The molecule has 0 aliphatic carbocycles. The Labute approximate surface area is 102 Å². The van der Waals surface area contributed by atoms with Crippen molar-refractivity contribution < 1.29 is 5.11 Å². The lowest BCUT2D eigenvalue weighted by molar-refractivity contribution is 0.199. The van der Waals surface area contributed by atoms with Gasteiger partial charge < -0.3 is 10.0 Å². The molecule has 1 aliphatic rings. The number of rotatable bonds is 2. The molecule has 90 valence electrons. The Hall–Kier alpha value is -1.53. The third-order valence-electron chi connectivity index (χ3n) is 3.47. The van der Waals surface area contributed by atoms with E-state index >= 15 is 0 Å². The minimum absolute atomic E-state index is 0.487. The average molecular weight is 230 g/mol. The monoisotopic (exact) mass is 230 g/mol. The number of hydrogen-bond acceptors (Lipinski definition) is 3. The maximum atomic E-state index is 9.81. The van der Waals surface area contributed by atoms with Crippen LogP contribution in [0.1, 0.15) is 43.9 Å². The second-order valence-corrected chi connectivity index (χ2v) is 4.75. The zero-order valence-electron chi connectivity index (χ0n) is 10.3. The fourth-order valence-electron chi connectivity index (χ4n) is 2.51. The van der Waals surface area contributed by atoms with Crippen molar-refractivity contribution in [1.82, 2.24) is 0 Å². The van der Waals surface area contributed by atoms with E-state index in [0.29, 0.717) is 11.6 Å². The van der Waals surface area contributed by atoms with Crippen LogP contribution in [0, 0.1) is 11.3 Å². The Morgan fingerprint density at radius 2 is 2.29 bits per heavy atom. The molecule has 1 heterocycles. The predicted molar refractivity (Wildman–Crippen MR) is 67.8 cm³/mol. The summed E-state index contributed by atoms with van der Waals surface area (Å²) in [6.07, 6.45) is 1.86. The van der Waals surface area contributed by atoms with E-state index in [-0.39, 0.29) is 0 Å². The van der Waals surface area contributed by atoms with Crippen molar-refractivity contribution in [1.29, 1.82) is 5.26 Å². The molecule has 1 aliphatic heterocycles. The van der Waals surface area contributed by atoms with Gasteiger partial charge in [-0.25, -0.2) is 0 Å². The van der Waals surface area contributed by atoms with Crippen LogP contribution in [0.2, 0.25) is 0 Å². The largest absolute Gasteiger partial charge is 0.389 e. The van der Waals surface area contributed by atoms with Crippen molar-refractivity contribution in [2.45, 2.75) is 38.8 Å². The van der Waals surface area contributed by atoms with Gasteiger partial charge in [0.2, 0.25) is 0 Å². The number of benzene rings is 1. The first-order valence-corrected chi connectivity index (χ1v) is 6.12. The molecule has 0 saturated carbocycles. The molecular formula is C14H18N2O. The molecule has 2 rings (SSSR count). The number of anilines is 1. The van der Waals surface area contributed by atoms with Crippen LogP contribution in [-0.2, 0) is 0 Å². The lowest BCUT2D eigenvalue weighted by Crippen LogP contribution is -2.27. The van der Waals surface area contributed by atoms with E-state index in [2.05, 4.69) is 17.9 Å². The minimum Gasteiger partial charge on any atom is -0.389 e. The first-order valence-electron chi connectivity index (χ1n) is 6.12. The van der Waals surface area contributed by atoms with E-state index in [1.54, 1.807) is 13.0 Å². The highest BCUT2D eigenvalue weighted by Crippen LogP contribution is 2.32. The molecule has 2 atom stereocenters. The first kappa shape index (κ1) is 11.9. The minimum atomic E-state index is -0.495. The molecule has 3 heteroatoms. The van der Waals surface area contributed by atoms with Crippen molar-refractivity contribution in [2.24, 2.45) is 0 Å². The van der Waals surface area contributed by atoms with Gasteiger partial charge in [-0.3, -0.25) is 0 Å². The van der Waals surface area contributed by atoms with Gasteiger partial charge in [-0.1, -0.05) is 6.07 Å². The summed E-state index contributed by atoms with van der Waals surface area (Å²) < 4.78 is 0. The van der Waals surface area contributed by atoms with Crippen molar-refractivity contribution in [3.8, 4) is 6.07 Å². The van der Waals surface area contributed by atoms with Gasteiger partial charge in [-0.2, -0.15) is 5.26 Å². The lowest BCUT2D eigenvalue weighted by atomic mass is 10.0. The van der Waals surface area contributed by atoms with E-state index in [0.717, 1.165) is 17.8 Å². The molecule has 0 aromatic heterocycles. The van der Waals surface area contributed by atoms with E-state index < -0.39 is 6.10 Å². The maximum absolute atomic E-state index is 9.81. The number of nitriles is 1. The summed E-state index contributed by atoms with van der Waals surface area (Å²) in [6, 6.07) is 8.18. The van der Waals surface area contributed by atoms with E-state index in [1.165, 1.54) is 12.8 Å². The molecule has 1 saturated heterocycles. The second kappa shape index (κ2) is 4.77. The van der Waals surface area contributed by atoms with Crippen LogP contribution in [-0.4, -0.2) is 17.7 Å². The highest BCUT2D eigenvalue weighted by molar-refractivity contribution is 5.59. The summed E-state index contributed by atoms with van der Waals surface area (Å²) in [5.74, 6) is 0. The normalized spacial score (nSPS) is 21.3. The van der Waals surface area contributed by atoms with Gasteiger partial charge in [0.15, 0.2) is 0 Å². The quantitative estimate of drug-likeness (QED) is 0.849. The number of aliphatic hydroxyl groups is 1. The number of aliphatic hydroxyl groups excluding tert-OH is 1. The molecule has 3 nitrogen and oxygen atoms in total. The highest BCUT2D eigenvalue weighted by atomic mass is 16.3. The van der Waals surface area contributed by atoms with Gasteiger partial charge >= 0.3 is 0 Å². The van der Waals surface area contributed by atoms with Gasteiger partial charge in [0.05, 0.1) is 17.7 Å². The molecular weight excluding hydrogens is 212 g/mol. The zero-order chi connectivity index (χ0) is 12.4. The first-order chi connectivity index (χ1) is 8.13. The van der Waals surface area contributed by atoms with Crippen molar-refractivity contribution in [3.63, 3.8) is 0 Å². The Morgan fingerprint density at radius 1 is 1.53 bits per heavy atom. The van der Waals surface area contributed by atoms with E-state index in [9.17, 15) is 5.11 Å². The average Bonchev–Trinajstić information content (AvgIpc) is 2.74. The summed E-state index contributed by atoms with van der Waals surface area (Å²) >= 11 is 0. The fraction of sp³-hybridized carbons (Fsp3) is 0.500. The van der Waals surface area contributed by atoms with Crippen molar-refractivity contribution in [2.75, 3.05) is 11.4 Å². The molecule has 17 heavy (non-hydrogen) atoms. The van der Waals surface area contributed by atoms with Gasteiger partial charge in [-0.15, -0.1) is 0 Å². The highest BCUT2D eigenvalue weighted by Gasteiger charge is 2.24. The Morgan fingerprint density at radius 3 is 2.82 bits per heavy atom. The predicted octanol–water partition coefficient (Wildman–Crippen LogP) is 2.60. The summed E-state index contributed by atoms with van der Waals surface area (Å²) in [6.45, 7) is 4.97. The molecule has 0 bridgehead atoms. The van der Waals surface area contributed by atoms with E-state index in [1.807, 2.05) is 12.1 Å². The van der Waals surface area contributed by atoms with Crippen LogP contribution in [0.3, 0.4) is 0 Å². The molecule has 1 aromatic carbocycles. The Balaban J connectivity index is 2.45. The molecule has 1 N–H and O–H groups in total. The number of nitrogens with zero attached hydrogens (tertiary/aromatic N) is 2. The third kappa shape index (κ3) is 2.27. The van der Waals surface area contributed by atoms with Crippen LogP contribution in [0.4, 0.5) is 5.69 Å². The van der Waals surface area contributed by atoms with Crippen LogP contribution in [0.5, 0.6) is 0 Å². The van der Waals surface area contributed by atoms with Gasteiger partial charge in [0.1, 0.15) is 0 Å². The van der Waals surface area contributed by atoms with Crippen LogP contribution < -0.4 is 4.90 Å². The molecule has 0 spiro atoms. The topological polar surface area (TPSA) is 47.3 Å². The molecule has 1 aromatic rings. The Kier molecular flexibility index (Phi) is 3.35. The number of hydrogen-bond donors (Lipinski definition) is 1. The molecule has 1 unspecified atom stereocenters. The standard InChI is InChI=1S/C14H18N2O/c1-10-4-3-7-16(10)14-8-12(9-15)5-6-13(14)11(2)17/h5-6,8,10-11,17H,3-4,7H2,1-2H3/t10?,11-/m1/s1. The maximum Gasteiger partial charge on any atom is 0.0992 e. The van der Waals surface area contributed by atoms with Gasteiger partial charge in [-0.05, 0) is 38.8 Å². The van der Waals surface area contributed by atoms with E-state index in [4.69, 9.17) is 5.26 Å². The van der Waals surface area contributed by atoms with Crippen LogP contribution >= 0.6 is 0 Å². The zero-order valence-corrected chi connectivity index (χ0v) is 10.3. The molecule has 0 radical (unpaired) electrons. The third-order valence-corrected chi connectivity index (χ3v) is 3.47. The summed E-state index contributed by atoms with van der Waals surface area (Å²) in [7, 11) is 0. The second-order valence-electron chi connectivity index (χ2n) is 4.75. The van der Waals surface area contributed by atoms with Crippen molar-refractivity contribution >= 4 is 5.69 Å². The summed E-state index contributed by atoms with van der Waals surface area (Å²) in [5, 5.41) is 18.8. The van der Waals surface area contributed by atoms with Gasteiger partial charge in [0, 0.05) is 23.8 Å². The molecule has 1 fully saturated rings. The van der Waals surface area contributed by atoms with Crippen molar-refractivity contribution in [3.05, 3.63) is 29.3 Å². The smallest absolute Gasteiger partial charge is 0.0992 e. The van der Waals surface area contributed by atoms with Crippen LogP contribution in [0.15, 0.2) is 18.2 Å². The SMILES string of the molecule is CC1CCCN1c1cc(C#N)ccc1[C@@H](C)O. The summed E-state index contributed by atoms with van der Waals surface area (Å²) in [5.41, 5.74) is 2.59. The van der Waals surface area contributed by atoms with Gasteiger partial charge in [0.25, 0.3) is 0 Å². The van der Waals surface area contributed by atoms with Crippen LogP contribution in [0.25, 0.3) is 0 Å². The lowest BCUT2D eigenvalue weighted by Gasteiger charge is -2.27.